The highest BCUT2D eigenvalue weighted by atomic mass is 16.5. The van der Waals surface area contributed by atoms with Crippen LogP contribution in [0, 0.1) is 0 Å². The normalized spacial score (nSPS) is 13.7. The molecule has 1 N–H and O–H groups in total. The summed E-state index contributed by atoms with van der Waals surface area (Å²) in [5.41, 5.74) is -0.0209. The van der Waals surface area contributed by atoms with Crippen molar-refractivity contribution in [2.75, 3.05) is 13.2 Å². The van der Waals surface area contributed by atoms with E-state index in [9.17, 15) is 0 Å². The second-order valence-electron chi connectivity index (χ2n) is 6.94. The Kier molecular flexibility index (Phi) is 12.6. The van der Waals surface area contributed by atoms with Gasteiger partial charge in [-0.1, -0.05) is 65.2 Å². The zero-order chi connectivity index (χ0) is 15.3. The van der Waals surface area contributed by atoms with Crippen LogP contribution in [0.15, 0.2) is 0 Å². The van der Waals surface area contributed by atoms with E-state index in [0.29, 0.717) is 6.04 Å². The minimum absolute atomic E-state index is 0.0209. The maximum absolute atomic E-state index is 5.90. The summed E-state index contributed by atoms with van der Waals surface area (Å²) in [5.74, 6) is 0. The Balaban J connectivity index is 3.55. The molecule has 0 spiro atoms. The maximum atomic E-state index is 5.90. The van der Waals surface area contributed by atoms with Crippen LogP contribution in [0.2, 0.25) is 0 Å². The molecule has 0 fully saturated rings. The number of unbranched alkanes of at least 4 members (excludes halogenated alkanes) is 7. The van der Waals surface area contributed by atoms with Crippen molar-refractivity contribution < 1.29 is 4.74 Å². The summed E-state index contributed by atoms with van der Waals surface area (Å²) >= 11 is 0. The molecule has 0 rings (SSSR count). The van der Waals surface area contributed by atoms with Crippen molar-refractivity contribution in [3.8, 4) is 0 Å². The number of ether oxygens (including phenoxy) is 1. The fraction of sp³-hybridized carbons (Fsp3) is 1.00. The molecule has 0 aromatic rings. The maximum Gasteiger partial charge on any atom is 0.0626 e. The SMILES string of the molecule is CCCCCCCCCCC(COC(C)(C)C)NCC. The van der Waals surface area contributed by atoms with Crippen LogP contribution in [0.4, 0.5) is 0 Å². The van der Waals surface area contributed by atoms with Crippen molar-refractivity contribution in [2.45, 2.75) is 104 Å². The molecule has 20 heavy (non-hydrogen) atoms. The molecular formula is C18H39NO. The van der Waals surface area contributed by atoms with Crippen LogP contribution in [0.25, 0.3) is 0 Å². The third-order valence-electron chi connectivity index (χ3n) is 3.62. The monoisotopic (exact) mass is 285 g/mol. The fourth-order valence-corrected chi connectivity index (χ4v) is 2.41. The van der Waals surface area contributed by atoms with Crippen molar-refractivity contribution >= 4 is 0 Å². The van der Waals surface area contributed by atoms with Crippen molar-refractivity contribution in [3.05, 3.63) is 0 Å². The molecule has 0 aromatic carbocycles. The van der Waals surface area contributed by atoms with E-state index >= 15 is 0 Å². The first-order valence-electron chi connectivity index (χ1n) is 8.87. The molecule has 0 saturated heterocycles. The molecule has 0 aromatic heterocycles. The van der Waals surface area contributed by atoms with Crippen LogP contribution in [0.3, 0.4) is 0 Å². The van der Waals surface area contributed by atoms with E-state index in [1.807, 2.05) is 0 Å². The van der Waals surface area contributed by atoms with Gasteiger partial charge in [-0.2, -0.15) is 0 Å². The lowest BCUT2D eigenvalue weighted by atomic mass is 10.0. The van der Waals surface area contributed by atoms with Gasteiger partial charge in [-0.25, -0.2) is 0 Å². The molecule has 2 heteroatoms. The van der Waals surface area contributed by atoms with Crippen LogP contribution in [-0.4, -0.2) is 24.8 Å². The largest absolute Gasteiger partial charge is 0.374 e. The average molecular weight is 286 g/mol. The standard InChI is InChI=1S/C18H39NO/c1-6-8-9-10-11-12-13-14-15-17(19-7-2)16-20-18(3,4)5/h17,19H,6-16H2,1-5H3. The summed E-state index contributed by atoms with van der Waals surface area (Å²) in [6, 6.07) is 0.527. The quantitative estimate of drug-likeness (QED) is 0.463. The van der Waals surface area contributed by atoms with Gasteiger partial charge in [0.1, 0.15) is 0 Å². The van der Waals surface area contributed by atoms with E-state index in [-0.39, 0.29) is 5.60 Å². The van der Waals surface area contributed by atoms with Crippen molar-refractivity contribution in [1.29, 1.82) is 0 Å². The summed E-state index contributed by atoms with van der Waals surface area (Å²) < 4.78 is 5.90. The van der Waals surface area contributed by atoms with Gasteiger partial charge in [0.15, 0.2) is 0 Å². The number of hydrogen-bond donors (Lipinski definition) is 1. The Labute approximate surface area is 128 Å². The first-order chi connectivity index (χ1) is 9.49. The Hall–Kier alpha value is -0.0800. The van der Waals surface area contributed by atoms with Gasteiger partial charge in [-0.15, -0.1) is 0 Å². The summed E-state index contributed by atoms with van der Waals surface area (Å²) in [4.78, 5) is 0. The van der Waals surface area contributed by atoms with Gasteiger partial charge < -0.3 is 10.1 Å². The molecule has 122 valence electrons. The minimum Gasteiger partial charge on any atom is -0.374 e. The fourth-order valence-electron chi connectivity index (χ4n) is 2.41. The first kappa shape index (κ1) is 19.9. The predicted molar refractivity (Wildman–Crippen MR) is 90.4 cm³/mol. The lowest BCUT2D eigenvalue weighted by Gasteiger charge is -2.25. The van der Waals surface area contributed by atoms with Crippen molar-refractivity contribution in [3.63, 3.8) is 0 Å². The molecular weight excluding hydrogens is 246 g/mol. The summed E-state index contributed by atoms with van der Waals surface area (Å²) in [6.07, 6.45) is 12.4. The van der Waals surface area contributed by atoms with Crippen LogP contribution >= 0.6 is 0 Å². The minimum atomic E-state index is -0.0209. The lowest BCUT2D eigenvalue weighted by Crippen LogP contribution is -2.36. The molecule has 0 bridgehead atoms. The molecule has 0 radical (unpaired) electrons. The van der Waals surface area contributed by atoms with Crippen molar-refractivity contribution in [1.82, 2.24) is 5.32 Å². The number of likely N-dealkylation sites (N-methyl/N-ethyl adjacent to an activating group) is 1. The van der Waals surface area contributed by atoms with Gasteiger partial charge in [0, 0.05) is 6.04 Å². The molecule has 0 heterocycles. The topological polar surface area (TPSA) is 21.3 Å². The third-order valence-corrected chi connectivity index (χ3v) is 3.62. The Morgan fingerprint density at radius 1 is 0.850 bits per heavy atom. The summed E-state index contributed by atoms with van der Waals surface area (Å²) in [6.45, 7) is 12.7. The van der Waals surface area contributed by atoms with Crippen LogP contribution in [0.1, 0.15) is 92.4 Å². The molecule has 2 nitrogen and oxygen atoms in total. The lowest BCUT2D eigenvalue weighted by molar-refractivity contribution is -0.0154. The highest BCUT2D eigenvalue weighted by molar-refractivity contribution is 4.68. The van der Waals surface area contributed by atoms with E-state index in [2.05, 4.69) is 39.9 Å². The molecule has 0 aliphatic heterocycles. The first-order valence-corrected chi connectivity index (χ1v) is 8.87. The number of hydrogen-bond acceptors (Lipinski definition) is 2. The van der Waals surface area contributed by atoms with E-state index in [1.54, 1.807) is 0 Å². The van der Waals surface area contributed by atoms with Gasteiger partial charge in [-0.05, 0) is 33.7 Å². The average Bonchev–Trinajstić information content (AvgIpc) is 2.38. The third kappa shape index (κ3) is 14.3. The Morgan fingerprint density at radius 2 is 1.40 bits per heavy atom. The van der Waals surface area contributed by atoms with Crippen molar-refractivity contribution in [2.24, 2.45) is 0 Å². The van der Waals surface area contributed by atoms with Gasteiger partial charge in [0.05, 0.1) is 12.2 Å². The summed E-state index contributed by atoms with van der Waals surface area (Å²) in [7, 11) is 0. The van der Waals surface area contributed by atoms with Crippen LogP contribution < -0.4 is 5.32 Å². The smallest absolute Gasteiger partial charge is 0.0626 e. The number of rotatable bonds is 13. The second-order valence-corrected chi connectivity index (χ2v) is 6.94. The van der Waals surface area contributed by atoms with E-state index in [4.69, 9.17) is 4.74 Å². The van der Waals surface area contributed by atoms with Gasteiger partial charge in [0.2, 0.25) is 0 Å². The molecule has 0 amide bonds. The van der Waals surface area contributed by atoms with Crippen LogP contribution in [0.5, 0.6) is 0 Å². The summed E-state index contributed by atoms with van der Waals surface area (Å²) in [5, 5.41) is 3.55. The Bertz CT molecular complexity index is 198. The molecule has 1 atom stereocenters. The van der Waals surface area contributed by atoms with E-state index in [1.165, 1.54) is 57.8 Å². The molecule has 0 aliphatic rings. The van der Waals surface area contributed by atoms with Crippen LogP contribution in [-0.2, 0) is 4.74 Å². The zero-order valence-corrected chi connectivity index (χ0v) is 14.8. The highest BCUT2D eigenvalue weighted by Crippen LogP contribution is 2.13. The second kappa shape index (κ2) is 12.6. The molecule has 1 unspecified atom stereocenters. The van der Waals surface area contributed by atoms with E-state index < -0.39 is 0 Å². The molecule has 0 saturated carbocycles. The van der Waals surface area contributed by atoms with Gasteiger partial charge in [0.25, 0.3) is 0 Å². The Morgan fingerprint density at radius 3 is 1.90 bits per heavy atom. The predicted octanol–water partition coefficient (Wildman–Crippen LogP) is 5.31. The molecule has 0 aliphatic carbocycles. The van der Waals surface area contributed by atoms with Gasteiger partial charge >= 0.3 is 0 Å². The number of nitrogens with one attached hydrogen (secondary N) is 1. The van der Waals surface area contributed by atoms with E-state index in [0.717, 1.165) is 13.2 Å². The van der Waals surface area contributed by atoms with Gasteiger partial charge in [-0.3, -0.25) is 0 Å². The highest BCUT2D eigenvalue weighted by Gasteiger charge is 2.14. The zero-order valence-electron chi connectivity index (χ0n) is 14.8.